The summed E-state index contributed by atoms with van der Waals surface area (Å²) < 4.78 is 5.37. The first kappa shape index (κ1) is 16.7. The molecule has 0 bridgehead atoms. The van der Waals surface area contributed by atoms with Crippen LogP contribution in [0, 0.1) is 10.1 Å². The molecule has 0 heterocycles. The van der Waals surface area contributed by atoms with Crippen LogP contribution in [0.5, 0.6) is 5.75 Å². The molecule has 0 fully saturated rings. The molecule has 23 heavy (non-hydrogen) atoms. The average molecular weight is 317 g/mol. The van der Waals surface area contributed by atoms with Crippen molar-refractivity contribution >= 4 is 11.4 Å². The van der Waals surface area contributed by atoms with Gasteiger partial charge in [-0.1, -0.05) is 36.4 Å². The van der Waals surface area contributed by atoms with E-state index in [1.807, 2.05) is 30.3 Å². The van der Waals surface area contributed by atoms with E-state index in [1.165, 1.54) is 18.2 Å². The Hall–Kier alpha value is -2.64. The highest BCUT2D eigenvalue weighted by atomic mass is 16.6. The van der Waals surface area contributed by atoms with Crippen LogP contribution in [0.4, 0.5) is 11.4 Å². The largest absolute Gasteiger partial charge is 0.488 e. The third-order valence-corrected chi connectivity index (χ3v) is 3.22. The Morgan fingerprint density at radius 1 is 1.22 bits per heavy atom. The van der Waals surface area contributed by atoms with E-state index in [-0.39, 0.29) is 23.7 Å². The number of ether oxygens (including phenoxy) is 1. The number of hydrogen-bond donors (Lipinski definition) is 3. The van der Waals surface area contributed by atoms with Crippen LogP contribution < -0.4 is 15.8 Å². The monoisotopic (exact) mass is 317 g/mol. The lowest BCUT2D eigenvalue weighted by molar-refractivity contribution is -0.384. The second-order valence-electron chi connectivity index (χ2n) is 5.03. The summed E-state index contributed by atoms with van der Waals surface area (Å²) in [7, 11) is 0. The third kappa shape index (κ3) is 4.94. The van der Waals surface area contributed by atoms with Crippen molar-refractivity contribution in [3.05, 3.63) is 64.2 Å². The van der Waals surface area contributed by atoms with Gasteiger partial charge in [0, 0.05) is 19.2 Å². The molecular formula is C16H19N3O4. The van der Waals surface area contributed by atoms with E-state index in [9.17, 15) is 15.2 Å². The van der Waals surface area contributed by atoms with Crippen molar-refractivity contribution in [1.82, 2.24) is 5.32 Å². The van der Waals surface area contributed by atoms with Crippen molar-refractivity contribution in [3.63, 3.8) is 0 Å². The molecule has 7 nitrogen and oxygen atoms in total. The number of benzene rings is 2. The number of nitrogen functional groups attached to an aromatic ring is 1. The van der Waals surface area contributed by atoms with Gasteiger partial charge in [-0.25, -0.2) is 0 Å². The molecule has 0 radical (unpaired) electrons. The fourth-order valence-electron chi connectivity index (χ4n) is 2.04. The zero-order chi connectivity index (χ0) is 16.7. The van der Waals surface area contributed by atoms with Crippen molar-refractivity contribution in [3.8, 4) is 5.75 Å². The summed E-state index contributed by atoms with van der Waals surface area (Å²) in [6, 6.07) is 14.1. The number of nitro benzene ring substituents is 1. The molecule has 0 saturated carbocycles. The van der Waals surface area contributed by atoms with E-state index >= 15 is 0 Å². The molecule has 0 saturated heterocycles. The highest BCUT2D eigenvalue weighted by Crippen LogP contribution is 2.30. The standard InChI is InChI=1S/C16H19N3O4/c17-16-14(19(21)22)7-4-8-15(16)23-11-13(20)10-18-9-12-5-2-1-3-6-12/h1-8,13,18,20H,9-11,17H2/t13-/m0/s1. The molecule has 0 aliphatic rings. The predicted molar refractivity (Wildman–Crippen MR) is 87.2 cm³/mol. The maximum atomic E-state index is 10.8. The first-order valence-electron chi connectivity index (χ1n) is 7.16. The number of nitro groups is 1. The van der Waals surface area contributed by atoms with Gasteiger partial charge >= 0.3 is 0 Å². The van der Waals surface area contributed by atoms with Crippen molar-refractivity contribution < 1.29 is 14.8 Å². The summed E-state index contributed by atoms with van der Waals surface area (Å²) >= 11 is 0. The lowest BCUT2D eigenvalue weighted by atomic mass is 10.2. The molecule has 2 aromatic rings. The van der Waals surface area contributed by atoms with Gasteiger partial charge in [0.2, 0.25) is 0 Å². The van der Waals surface area contributed by atoms with E-state index in [1.54, 1.807) is 0 Å². The second kappa shape index (κ2) is 8.11. The summed E-state index contributed by atoms with van der Waals surface area (Å²) in [5.74, 6) is 0.196. The van der Waals surface area contributed by atoms with Crippen LogP contribution in [0.1, 0.15) is 5.56 Å². The molecule has 4 N–H and O–H groups in total. The second-order valence-corrected chi connectivity index (χ2v) is 5.03. The molecule has 7 heteroatoms. The quantitative estimate of drug-likeness (QED) is 0.388. The van der Waals surface area contributed by atoms with Crippen LogP contribution in [-0.2, 0) is 6.54 Å². The topological polar surface area (TPSA) is 111 Å². The number of para-hydroxylation sites is 1. The van der Waals surface area contributed by atoms with Gasteiger partial charge in [0.25, 0.3) is 5.69 Å². The summed E-state index contributed by atoms with van der Waals surface area (Å²) in [6.45, 7) is 0.966. The molecule has 0 aromatic heterocycles. The van der Waals surface area contributed by atoms with Crippen LogP contribution in [0.15, 0.2) is 48.5 Å². The number of rotatable bonds is 8. The molecule has 0 amide bonds. The van der Waals surface area contributed by atoms with E-state index < -0.39 is 11.0 Å². The highest BCUT2D eigenvalue weighted by Gasteiger charge is 2.16. The van der Waals surface area contributed by atoms with Gasteiger partial charge < -0.3 is 20.9 Å². The normalized spacial score (nSPS) is 11.9. The van der Waals surface area contributed by atoms with Crippen molar-refractivity contribution in [2.75, 3.05) is 18.9 Å². The lowest BCUT2D eigenvalue weighted by Gasteiger charge is -2.14. The zero-order valence-corrected chi connectivity index (χ0v) is 12.5. The van der Waals surface area contributed by atoms with E-state index in [2.05, 4.69) is 5.32 Å². The molecule has 0 aliphatic heterocycles. The number of nitrogens with two attached hydrogens (primary N) is 1. The number of aliphatic hydroxyl groups is 1. The molecule has 2 aromatic carbocycles. The van der Waals surface area contributed by atoms with Gasteiger partial charge in [0.1, 0.15) is 18.5 Å². The van der Waals surface area contributed by atoms with Crippen molar-refractivity contribution in [2.24, 2.45) is 0 Å². The summed E-state index contributed by atoms with van der Waals surface area (Å²) in [5.41, 5.74) is 6.55. The SMILES string of the molecule is Nc1c(OC[C@@H](O)CNCc2ccccc2)cccc1[N+](=O)[O-]. The van der Waals surface area contributed by atoms with Gasteiger partial charge in [-0.15, -0.1) is 0 Å². The first-order valence-corrected chi connectivity index (χ1v) is 7.16. The van der Waals surface area contributed by atoms with Gasteiger partial charge in [-0.2, -0.15) is 0 Å². The Bertz CT molecular complexity index is 649. The summed E-state index contributed by atoms with van der Waals surface area (Å²) in [6.07, 6.45) is -0.752. The Morgan fingerprint density at radius 3 is 2.65 bits per heavy atom. The number of nitrogens with zero attached hydrogens (tertiary/aromatic N) is 1. The molecule has 2 rings (SSSR count). The minimum Gasteiger partial charge on any atom is -0.488 e. The predicted octanol–water partition coefficient (Wildman–Crippen LogP) is 1.71. The van der Waals surface area contributed by atoms with Crippen molar-refractivity contribution in [1.29, 1.82) is 0 Å². The minimum absolute atomic E-state index is 0.00679. The van der Waals surface area contributed by atoms with Gasteiger partial charge in [0.05, 0.1) is 4.92 Å². The first-order chi connectivity index (χ1) is 11.1. The van der Waals surface area contributed by atoms with E-state index in [0.717, 1.165) is 5.56 Å². The van der Waals surface area contributed by atoms with Gasteiger partial charge in [-0.05, 0) is 11.6 Å². The van der Waals surface area contributed by atoms with Crippen LogP contribution in [0.2, 0.25) is 0 Å². The number of nitrogens with one attached hydrogen (secondary N) is 1. The number of hydrogen-bond acceptors (Lipinski definition) is 6. The maximum Gasteiger partial charge on any atom is 0.295 e. The molecule has 1 atom stereocenters. The van der Waals surface area contributed by atoms with Crippen LogP contribution in [0.3, 0.4) is 0 Å². The lowest BCUT2D eigenvalue weighted by Crippen LogP contribution is -2.31. The smallest absolute Gasteiger partial charge is 0.295 e. The molecule has 0 aliphatic carbocycles. The average Bonchev–Trinajstić information content (AvgIpc) is 2.54. The summed E-state index contributed by atoms with van der Waals surface area (Å²) in [4.78, 5) is 10.2. The van der Waals surface area contributed by atoms with Crippen LogP contribution in [-0.4, -0.2) is 29.3 Å². The Morgan fingerprint density at radius 2 is 1.96 bits per heavy atom. The fourth-order valence-corrected chi connectivity index (χ4v) is 2.04. The van der Waals surface area contributed by atoms with Gasteiger partial charge in [-0.3, -0.25) is 10.1 Å². The third-order valence-electron chi connectivity index (χ3n) is 3.22. The van der Waals surface area contributed by atoms with Gasteiger partial charge in [0.15, 0.2) is 5.69 Å². The molecule has 122 valence electrons. The zero-order valence-electron chi connectivity index (χ0n) is 12.5. The number of anilines is 1. The van der Waals surface area contributed by atoms with E-state index in [0.29, 0.717) is 13.1 Å². The van der Waals surface area contributed by atoms with E-state index in [4.69, 9.17) is 10.5 Å². The maximum absolute atomic E-state index is 10.8. The Balaban J connectivity index is 1.79. The van der Waals surface area contributed by atoms with Crippen LogP contribution >= 0.6 is 0 Å². The van der Waals surface area contributed by atoms with Crippen molar-refractivity contribution in [2.45, 2.75) is 12.6 Å². The van der Waals surface area contributed by atoms with Crippen LogP contribution in [0.25, 0.3) is 0 Å². The molecular weight excluding hydrogens is 298 g/mol. The Kier molecular flexibility index (Phi) is 5.90. The molecule has 0 unspecified atom stereocenters. The highest BCUT2D eigenvalue weighted by molar-refractivity contribution is 5.66. The summed E-state index contributed by atoms with van der Waals surface area (Å²) in [5, 5.41) is 23.8. The number of aliphatic hydroxyl groups excluding tert-OH is 1. The fraction of sp³-hybridized carbons (Fsp3) is 0.250. The minimum atomic E-state index is -0.752. The Labute approximate surface area is 133 Å². The molecule has 0 spiro atoms.